The minimum Gasteiger partial charge on any atom is -0.393 e. The van der Waals surface area contributed by atoms with E-state index < -0.39 is 6.10 Å². The van der Waals surface area contributed by atoms with Gasteiger partial charge in [0.05, 0.1) is 12.0 Å². The molecule has 4 heteroatoms. The molecule has 1 heterocycles. The van der Waals surface area contributed by atoms with Crippen molar-refractivity contribution in [1.29, 1.82) is 0 Å². The number of hydrogen-bond donors (Lipinski definition) is 1. The first-order valence-electron chi connectivity index (χ1n) is 7.63. The Balaban J connectivity index is 1.93. The van der Waals surface area contributed by atoms with E-state index in [1.54, 1.807) is 6.92 Å². The van der Waals surface area contributed by atoms with E-state index in [0.29, 0.717) is 11.8 Å². The summed E-state index contributed by atoms with van der Waals surface area (Å²) in [5, 5.41) is 13.7. The zero-order valence-electron chi connectivity index (χ0n) is 12.3. The van der Waals surface area contributed by atoms with Crippen molar-refractivity contribution in [1.82, 2.24) is 10.1 Å². The van der Waals surface area contributed by atoms with Crippen LogP contribution in [0.2, 0.25) is 0 Å². The molecule has 2 atom stereocenters. The Morgan fingerprint density at radius 3 is 2.53 bits per heavy atom. The fourth-order valence-electron chi connectivity index (χ4n) is 2.92. The first-order valence-corrected chi connectivity index (χ1v) is 7.63. The molecule has 0 aliphatic heterocycles. The zero-order valence-corrected chi connectivity index (χ0v) is 12.3. The molecule has 1 aliphatic rings. The summed E-state index contributed by atoms with van der Waals surface area (Å²) in [6, 6.07) is 0. The molecule has 1 aromatic rings. The Labute approximate surface area is 115 Å². The maximum absolute atomic E-state index is 9.56. The second-order valence-corrected chi connectivity index (χ2v) is 6.03. The van der Waals surface area contributed by atoms with E-state index >= 15 is 0 Å². The quantitative estimate of drug-likeness (QED) is 0.884. The minimum absolute atomic E-state index is 0.0855. The highest BCUT2D eigenvalue weighted by Crippen LogP contribution is 2.36. The van der Waals surface area contributed by atoms with Crippen molar-refractivity contribution in [3.05, 3.63) is 11.7 Å². The SMILES string of the molecule is CCCC1CCC(c2noc(C(C)C(C)O)n2)CC1. The molecule has 0 spiro atoms. The molecule has 1 aromatic heterocycles. The van der Waals surface area contributed by atoms with Gasteiger partial charge in [0.1, 0.15) is 0 Å². The van der Waals surface area contributed by atoms with Crippen molar-refractivity contribution < 1.29 is 9.63 Å². The van der Waals surface area contributed by atoms with E-state index in [0.717, 1.165) is 11.7 Å². The number of nitrogens with zero attached hydrogens (tertiary/aromatic N) is 2. The van der Waals surface area contributed by atoms with Crippen molar-refractivity contribution in [2.24, 2.45) is 5.92 Å². The van der Waals surface area contributed by atoms with Crippen LogP contribution in [0.3, 0.4) is 0 Å². The molecule has 0 amide bonds. The van der Waals surface area contributed by atoms with Crippen LogP contribution < -0.4 is 0 Å². The zero-order chi connectivity index (χ0) is 13.8. The third kappa shape index (κ3) is 3.56. The van der Waals surface area contributed by atoms with Crippen molar-refractivity contribution in [2.75, 3.05) is 0 Å². The van der Waals surface area contributed by atoms with Gasteiger partial charge in [-0.05, 0) is 38.5 Å². The van der Waals surface area contributed by atoms with Crippen molar-refractivity contribution >= 4 is 0 Å². The fourth-order valence-corrected chi connectivity index (χ4v) is 2.92. The molecule has 1 aliphatic carbocycles. The van der Waals surface area contributed by atoms with Gasteiger partial charge in [-0.2, -0.15) is 4.98 Å². The number of hydrogen-bond acceptors (Lipinski definition) is 4. The Morgan fingerprint density at radius 2 is 1.95 bits per heavy atom. The number of aromatic nitrogens is 2. The summed E-state index contributed by atoms with van der Waals surface area (Å²) in [5.41, 5.74) is 0. The lowest BCUT2D eigenvalue weighted by molar-refractivity contribution is 0.151. The van der Waals surface area contributed by atoms with Crippen LogP contribution in [0.5, 0.6) is 0 Å². The van der Waals surface area contributed by atoms with Crippen molar-refractivity contribution in [3.8, 4) is 0 Å². The largest absolute Gasteiger partial charge is 0.393 e. The monoisotopic (exact) mass is 266 g/mol. The van der Waals surface area contributed by atoms with E-state index in [1.807, 2.05) is 6.92 Å². The second kappa shape index (κ2) is 6.51. The van der Waals surface area contributed by atoms with Gasteiger partial charge in [0.2, 0.25) is 5.89 Å². The smallest absolute Gasteiger partial charge is 0.232 e. The van der Waals surface area contributed by atoms with Crippen LogP contribution in [0.25, 0.3) is 0 Å². The molecule has 2 unspecified atom stereocenters. The Morgan fingerprint density at radius 1 is 1.26 bits per heavy atom. The van der Waals surface area contributed by atoms with E-state index in [9.17, 15) is 5.11 Å². The highest BCUT2D eigenvalue weighted by atomic mass is 16.5. The third-order valence-corrected chi connectivity index (χ3v) is 4.48. The first kappa shape index (κ1) is 14.5. The lowest BCUT2D eigenvalue weighted by Crippen LogP contribution is -2.15. The van der Waals surface area contributed by atoms with Crippen LogP contribution in [0, 0.1) is 5.92 Å². The van der Waals surface area contributed by atoms with Gasteiger partial charge < -0.3 is 9.63 Å². The average Bonchev–Trinajstić information content (AvgIpc) is 2.88. The predicted molar refractivity (Wildman–Crippen MR) is 74.0 cm³/mol. The van der Waals surface area contributed by atoms with E-state index in [2.05, 4.69) is 17.1 Å². The number of aliphatic hydroxyl groups excluding tert-OH is 1. The van der Waals surface area contributed by atoms with E-state index in [-0.39, 0.29) is 5.92 Å². The molecule has 0 bridgehead atoms. The van der Waals surface area contributed by atoms with Gasteiger partial charge in [-0.15, -0.1) is 0 Å². The summed E-state index contributed by atoms with van der Waals surface area (Å²) < 4.78 is 5.29. The molecular formula is C15H26N2O2. The summed E-state index contributed by atoms with van der Waals surface area (Å²) in [7, 11) is 0. The first-order chi connectivity index (χ1) is 9.11. The summed E-state index contributed by atoms with van der Waals surface area (Å²) >= 11 is 0. The summed E-state index contributed by atoms with van der Waals surface area (Å²) in [5.74, 6) is 2.67. The summed E-state index contributed by atoms with van der Waals surface area (Å²) in [6.07, 6.45) is 7.10. The summed E-state index contributed by atoms with van der Waals surface area (Å²) in [6.45, 7) is 5.93. The average molecular weight is 266 g/mol. The van der Waals surface area contributed by atoms with E-state index in [1.165, 1.54) is 38.5 Å². The Hall–Kier alpha value is -0.900. The van der Waals surface area contributed by atoms with Crippen LogP contribution in [0.15, 0.2) is 4.52 Å². The molecule has 0 saturated heterocycles. The lowest BCUT2D eigenvalue weighted by atomic mass is 9.80. The third-order valence-electron chi connectivity index (χ3n) is 4.48. The molecule has 1 saturated carbocycles. The molecule has 0 aromatic carbocycles. The van der Waals surface area contributed by atoms with Gasteiger partial charge in [0.15, 0.2) is 5.82 Å². The number of rotatable bonds is 5. The number of aliphatic hydroxyl groups is 1. The molecule has 19 heavy (non-hydrogen) atoms. The van der Waals surface area contributed by atoms with Crippen LogP contribution in [0.4, 0.5) is 0 Å². The lowest BCUT2D eigenvalue weighted by Gasteiger charge is -2.26. The van der Waals surface area contributed by atoms with Gasteiger partial charge >= 0.3 is 0 Å². The fraction of sp³-hybridized carbons (Fsp3) is 0.867. The normalized spacial score (nSPS) is 27.2. The van der Waals surface area contributed by atoms with Gasteiger partial charge in [0.25, 0.3) is 0 Å². The highest BCUT2D eigenvalue weighted by Gasteiger charge is 2.27. The van der Waals surface area contributed by atoms with Crippen LogP contribution in [-0.2, 0) is 0 Å². The standard InChI is InChI=1S/C15H26N2O2/c1-4-5-12-6-8-13(9-7-12)14-16-15(19-17-14)10(2)11(3)18/h10-13,18H,4-9H2,1-3H3. The maximum atomic E-state index is 9.56. The van der Waals surface area contributed by atoms with Gasteiger partial charge in [-0.25, -0.2) is 0 Å². The van der Waals surface area contributed by atoms with Gasteiger partial charge in [-0.1, -0.05) is 31.8 Å². The summed E-state index contributed by atoms with van der Waals surface area (Å²) in [4.78, 5) is 4.49. The predicted octanol–water partition coefficient (Wildman–Crippen LogP) is 3.63. The molecule has 108 valence electrons. The van der Waals surface area contributed by atoms with Crippen molar-refractivity contribution in [2.45, 2.75) is 77.2 Å². The highest BCUT2D eigenvalue weighted by molar-refractivity contribution is 5.01. The van der Waals surface area contributed by atoms with E-state index in [4.69, 9.17) is 4.52 Å². The van der Waals surface area contributed by atoms with Crippen LogP contribution in [-0.4, -0.2) is 21.4 Å². The molecule has 1 fully saturated rings. The second-order valence-electron chi connectivity index (χ2n) is 6.03. The van der Waals surface area contributed by atoms with Crippen molar-refractivity contribution in [3.63, 3.8) is 0 Å². The van der Waals surface area contributed by atoms with Crippen LogP contribution in [0.1, 0.15) is 82.8 Å². The molecule has 2 rings (SSSR count). The Bertz CT molecular complexity index is 381. The molecule has 4 nitrogen and oxygen atoms in total. The van der Waals surface area contributed by atoms with Crippen LogP contribution >= 0.6 is 0 Å². The topological polar surface area (TPSA) is 59.2 Å². The maximum Gasteiger partial charge on any atom is 0.232 e. The molecular weight excluding hydrogens is 240 g/mol. The minimum atomic E-state index is -0.450. The van der Waals surface area contributed by atoms with Gasteiger partial charge in [0, 0.05) is 5.92 Å². The van der Waals surface area contributed by atoms with Gasteiger partial charge in [-0.3, -0.25) is 0 Å². The molecule has 0 radical (unpaired) electrons. The Kier molecular flexibility index (Phi) is 4.97. The molecule has 1 N–H and O–H groups in total.